The lowest BCUT2D eigenvalue weighted by atomic mass is 10.0. The molecule has 0 aromatic heterocycles. The van der Waals surface area contributed by atoms with Gasteiger partial charge in [-0.1, -0.05) is 36.3 Å². The zero-order chi connectivity index (χ0) is 16.9. The summed E-state index contributed by atoms with van der Waals surface area (Å²) < 4.78 is 22.9. The van der Waals surface area contributed by atoms with Crippen LogP contribution in [0.3, 0.4) is 0 Å². The van der Waals surface area contributed by atoms with E-state index in [1.54, 1.807) is 6.07 Å². The Bertz CT molecular complexity index is 589. The molecule has 1 aromatic carbocycles. The lowest BCUT2D eigenvalue weighted by molar-refractivity contribution is 0.133. The number of carbonyl (C=O) groups excluding carboxylic acids is 1. The van der Waals surface area contributed by atoms with Gasteiger partial charge in [0.15, 0.2) is 11.5 Å². The Hall–Kier alpha value is -1.21. The number of hydrogen-bond acceptors (Lipinski definition) is 5. The normalized spacial score (nSPS) is 16.3. The number of fused-ring (bicyclic) bond motifs is 1. The third-order valence-corrected chi connectivity index (χ3v) is 6.05. The second kappa shape index (κ2) is 8.06. The van der Waals surface area contributed by atoms with Crippen LogP contribution in [-0.2, 0) is 16.3 Å². The molecule has 1 atom stereocenters. The maximum Gasteiger partial charge on any atom is 0.413 e. The van der Waals surface area contributed by atoms with Crippen LogP contribution in [0.25, 0.3) is 0 Å². The fraction of sp³-hybridized carbons (Fsp3) is 0.562. The van der Waals surface area contributed by atoms with Crippen LogP contribution < -0.4 is 14.8 Å². The molecular weight excluding hydrogens is 334 g/mol. The molecule has 1 amide bonds. The summed E-state index contributed by atoms with van der Waals surface area (Å²) in [6.45, 7) is 6.07. The van der Waals surface area contributed by atoms with E-state index in [2.05, 4.69) is 12.2 Å². The van der Waals surface area contributed by atoms with E-state index in [1.807, 2.05) is 26.0 Å². The summed E-state index contributed by atoms with van der Waals surface area (Å²) >= 11 is 0. The van der Waals surface area contributed by atoms with Crippen LogP contribution in [0.4, 0.5) is 4.79 Å². The van der Waals surface area contributed by atoms with Crippen molar-refractivity contribution in [1.29, 1.82) is 0 Å². The first-order valence-corrected chi connectivity index (χ1v) is 10.5. The van der Waals surface area contributed by atoms with E-state index >= 15 is 0 Å². The number of amides is 1. The Balaban J connectivity index is 1.85. The zero-order valence-corrected chi connectivity index (χ0v) is 15.4. The number of rotatable bonds is 7. The number of hydrogen-bond donors (Lipinski definition) is 1. The van der Waals surface area contributed by atoms with Crippen molar-refractivity contribution in [3.8, 4) is 11.5 Å². The van der Waals surface area contributed by atoms with Gasteiger partial charge in [-0.15, -0.1) is 0 Å². The molecule has 0 spiro atoms. The van der Waals surface area contributed by atoms with Crippen LogP contribution >= 0.6 is 10.8 Å². The van der Waals surface area contributed by atoms with Crippen molar-refractivity contribution in [2.24, 2.45) is 0 Å². The number of ether oxygens (including phenoxy) is 2. The van der Waals surface area contributed by atoms with Gasteiger partial charge in [-0.3, -0.25) is 0 Å². The number of para-hydroxylation sites is 1. The highest BCUT2D eigenvalue weighted by Gasteiger charge is 2.32. The minimum atomic E-state index is -1.14. The molecule has 0 saturated carbocycles. The molecule has 5 nitrogen and oxygen atoms in total. The molecule has 0 saturated heterocycles. The van der Waals surface area contributed by atoms with Crippen molar-refractivity contribution in [2.75, 3.05) is 11.6 Å². The third kappa shape index (κ3) is 5.42. The van der Waals surface area contributed by atoms with Gasteiger partial charge in [0, 0.05) is 17.7 Å². The zero-order valence-electron chi connectivity index (χ0n) is 13.7. The van der Waals surface area contributed by atoms with E-state index in [0.29, 0.717) is 11.5 Å². The average Bonchev–Trinajstić information content (AvgIpc) is 2.80. The molecule has 2 rings (SSSR count). The van der Waals surface area contributed by atoms with E-state index in [1.165, 1.54) is 10.8 Å². The minimum absolute atomic E-state index is 0.0780. The Morgan fingerprint density at radius 2 is 2.26 bits per heavy atom. The Morgan fingerprint density at radius 3 is 3.00 bits per heavy atom. The molecule has 0 aliphatic carbocycles. The fourth-order valence-corrected chi connectivity index (χ4v) is 4.51. The van der Waals surface area contributed by atoms with Gasteiger partial charge in [-0.05, 0) is 26.3 Å². The van der Waals surface area contributed by atoms with Gasteiger partial charge in [0.05, 0.1) is 0 Å². The summed E-state index contributed by atoms with van der Waals surface area (Å²) in [5, 5.41) is 2.53. The molecule has 1 heterocycles. The first-order valence-electron chi connectivity index (χ1n) is 7.69. The molecule has 0 fully saturated rings. The lowest BCUT2D eigenvalue weighted by Gasteiger charge is -2.18. The van der Waals surface area contributed by atoms with Crippen molar-refractivity contribution in [1.82, 2.24) is 5.32 Å². The van der Waals surface area contributed by atoms with Crippen LogP contribution in [0, 0.1) is 0 Å². The van der Waals surface area contributed by atoms with E-state index in [0.717, 1.165) is 30.6 Å². The van der Waals surface area contributed by atoms with Crippen LogP contribution in [0.2, 0.25) is 0 Å². The summed E-state index contributed by atoms with van der Waals surface area (Å²) in [5.74, 6) is 1.92. The summed E-state index contributed by atoms with van der Waals surface area (Å²) in [4.78, 5) is 11.9. The SMILES string of the molecule is CCCCSS(=O)CNC(=O)Oc1cccc2c1OC(C)(C)C2. The van der Waals surface area contributed by atoms with Gasteiger partial charge in [-0.25, -0.2) is 9.00 Å². The maximum atomic E-state index is 11.9. The molecule has 128 valence electrons. The smallest absolute Gasteiger partial charge is 0.413 e. The first-order chi connectivity index (χ1) is 10.9. The second-order valence-corrected chi connectivity index (χ2v) is 9.34. The van der Waals surface area contributed by atoms with Gasteiger partial charge in [0.25, 0.3) is 0 Å². The average molecular weight is 357 g/mol. The molecule has 23 heavy (non-hydrogen) atoms. The second-order valence-electron chi connectivity index (χ2n) is 5.97. The van der Waals surface area contributed by atoms with Crippen LogP contribution in [0.15, 0.2) is 18.2 Å². The van der Waals surface area contributed by atoms with E-state index in [9.17, 15) is 9.00 Å². The molecule has 1 aliphatic rings. The molecule has 1 aliphatic heterocycles. The third-order valence-electron chi connectivity index (χ3n) is 3.30. The highest BCUT2D eigenvalue weighted by atomic mass is 33.1. The number of nitrogens with one attached hydrogen (secondary N) is 1. The minimum Gasteiger partial charge on any atom is -0.483 e. The molecule has 0 radical (unpaired) electrons. The van der Waals surface area contributed by atoms with Gasteiger partial charge < -0.3 is 14.8 Å². The van der Waals surface area contributed by atoms with Crippen molar-refractivity contribution in [2.45, 2.75) is 45.6 Å². The summed E-state index contributed by atoms with van der Waals surface area (Å²) in [6, 6.07) is 5.51. The Morgan fingerprint density at radius 1 is 1.48 bits per heavy atom. The lowest BCUT2D eigenvalue weighted by Crippen LogP contribution is -2.29. The molecule has 7 heteroatoms. The topological polar surface area (TPSA) is 64.6 Å². The number of unbranched alkanes of at least 4 members (excludes halogenated alkanes) is 1. The van der Waals surface area contributed by atoms with Crippen molar-refractivity contribution in [3.63, 3.8) is 0 Å². The van der Waals surface area contributed by atoms with Crippen LogP contribution in [-0.4, -0.2) is 27.5 Å². The molecule has 1 aromatic rings. The van der Waals surface area contributed by atoms with E-state index < -0.39 is 15.9 Å². The Kier molecular flexibility index (Phi) is 6.35. The maximum absolute atomic E-state index is 11.9. The predicted molar refractivity (Wildman–Crippen MR) is 94.4 cm³/mol. The number of carbonyl (C=O) groups is 1. The Labute approximate surface area is 143 Å². The fourth-order valence-electron chi connectivity index (χ4n) is 2.26. The van der Waals surface area contributed by atoms with Crippen molar-refractivity contribution < 1.29 is 18.5 Å². The van der Waals surface area contributed by atoms with Gasteiger partial charge in [-0.2, -0.15) is 0 Å². The van der Waals surface area contributed by atoms with Crippen molar-refractivity contribution in [3.05, 3.63) is 23.8 Å². The molecule has 1 N–H and O–H groups in total. The standard InChI is InChI=1S/C16H23NO4S2/c1-4-5-9-22-23(19)11-17-15(18)20-13-8-6-7-12-10-16(2,3)21-14(12)13/h6-8H,4-5,9-11H2,1-3H3,(H,17,18). The van der Waals surface area contributed by atoms with E-state index in [4.69, 9.17) is 9.47 Å². The predicted octanol–water partition coefficient (Wildman–Crippen LogP) is 3.64. The van der Waals surface area contributed by atoms with Gasteiger partial charge >= 0.3 is 6.09 Å². The van der Waals surface area contributed by atoms with Crippen molar-refractivity contribution >= 4 is 26.7 Å². The molecular formula is C16H23NO4S2. The molecule has 0 bridgehead atoms. The number of benzene rings is 1. The van der Waals surface area contributed by atoms with Crippen LogP contribution in [0.1, 0.15) is 39.2 Å². The van der Waals surface area contributed by atoms with Gasteiger partial charge in [0.1, 0.15) is 21.3 Å². The van der Waals surface area contributed by atoms with Gasteiger partial charge in [0.2, 0.25) is 0 Å². The first kappa shape index (κ1) is 18.1. The van der Waals surface area contributed by atoms with Crippen LogP contribution in [0.5, 0.6) is 11.5 Å². The quantitative estimate of drug-likeness (QED) is 0.596. The largest absolute Gasteiger partial charge is 0.483 e. The summed E-state index contributed by atoms with van der Waals surface area (Å²) in [5.41, 5.74) is 0.731. The summed E-state index contributed by atoms with van der Waals surface area (Å²) in [7, 11) is 0.208. The van der Waals surface area contributed by atoms with E-state index in [-0.39, 0.29) is 11.5 Å². The summed E-state index contributed by atoms with van der Waals surface area (Å²) in [6.07, 6.45) is 2.24. The highest BCUT2D eigenvalue weighted by molar-refractivity contribution is 8.69. The highest BCUT2D eigenvalue weighted by Crippen LogP contribution is 2.41. The molecule has 1 unspecified atom stereocenters. The monoisotopic (exact) mass is 357 g/mol.